The zero-order valence-electron chi connectivity index (χ0n) is 11.6. The minimum atomic E-state index is -0.486. The molecule has 0 fully saturated rings. The van der Waals surface area contributed by atoms with E-state index in [2.05, 4.69) is 9.73 Å². The highest BCUT2D eigenvalue weighted by Gasteiger charge is 2.24. The maximum absolute atomic E-state index is 11.8. The quantitative estimate of drug-likeness (QED) is 0.645. The van der Waals surface area contributed by atoms with Crippen molar-refractivity contribution >= 4 is 35.2 Å². The maximum Gasteiger partial charge on any atom is 0.363 e. The third kappa shape index (κ3) is 2.82. The van der Waals surface area contributed by atoms with E-state index in [1.807, 2.05) is 17.5 Å². The molecule has 3 rings (SSSR count). The van der Waals surface area contributed by atoms with Crippen LogP contribution >= 0.6 is 11.3 Å². The Labute approximate surface area is 130 Å². The topological polar surface area (TPSA) is 65.0 Å². The van der Waals surface area contributed by atoms with Crippen LogP contribution in [0.3, 0.4) is 0 Å². The molecule has 0 unspecified atom stereocenters. The molecule has 0 bridgehead atoms. The summed E-state index contributed by atoms with van der Waals surface area (Å²) >= 11 is 1.45. The van der Waals surface area contributed by atoms with Gasteiger partial charge in [-0.05, 0) is 35.2 Å². The number of aliphatic imine (C=N–C) groups is 1. The highest BCUT2D eigenvalue weighted by molar-refractivity contribution is 7.12. The van der Waals surface area contributed by atoms with Crippen molar-refractivity contribution < 1.29 is 19.1 Å². The maximum atomic E-state index is 11.8. The number of ether oxygens (including phenoxy) is 2. The Balaban J connectivity index is 1.85. The van der Waals surface area contributed by atoms with Crippen LogP contribution in [0, 0.1) is 0 Å². The van der Waals surface area contributed by atoms with Gasteiger partial charge in [0, 0.05) is 0 Å². The lowest BCUT2D eigenvalue weighted by atomic mass is 10.1. The molecule has 22 heavy (non-hydrogen) atoms. The van der Waals surface area contributed by atoms with Gasteiger partial charge >= 0.3 is 11.9 Å². The molecule has 5 nitrogen and oxygen atoms in total. The zero-order valence-corrected chi connectivity index (χ0v) is 12.4. The summed E-state index contributed by atoms with van der Waals surface area (Å²) in [5.41, 5.74) is 1.42. The summed E-state index contributed by atoms with van der Waals surface area (Å²) in [7, 11) is 1.33. The van der Waals surface area contributed by atoms with Crippen molar-refractivity contribution in [2.45, 2.75) is 0 Å². The van der Waals surface area contributed by atoms with Crippen LogP contribution in [0.25, 0.3) is 6.08 Å². The summed E-state index contributed by atoms with van der Waals surface area (Å²) in [6.45, 7) is 0. The minimum Gasteiger partial charge on any atom is -0.465 e. The first-order valence-electron chi connectivity index (χ1n) is 6.42. The van der Waals surface area contributed by atoms with Crippen LogP contribution in [0.4, 0.5) is 0 Å². The average molecular weight is 313 g/mol. The Bertz CT molecular complexity index is 773. The van der Waals surface area contributed by atoms with E-state index in [9.17, 15) is 9.59 Å². The Morgan fingerprint density at radius 1 is 1.27 bits per heavy atom. The van der Waals surface area contributed by atoms with Crippen LogP contribution in [0.15, 0.2) is 52.5 Å². The summed E-state index contributed by atoms with van der Waals surface area (Å²) in [5.74, 6) is -0.574. The van der Waals surface area contributed by atoms with E-state index >= 15 is 0 Å². The highest BCUT2D eigenvalue weighted by Crippen LogP contribution is 2.21. The average Bonchev–Trinajstić information content (AvgIpc) is 3.18. The number of cyclic esters (lactones) is 1. The monoisotopic (exact) mass is 313 g/mol. The van der Waals surface area contributed by atoms with Crippen LogP contribution < -0.4 is 0 Å². The van der Waals surface area contributed by atoms with Crippen molar-refractivity contribution in [1.82, 2.24) is 0 Å². The van der Waals surface area contributed by atoms with Gasteiger partial charge in [0.1, 0.15) is 0 Å². The second kappa shape index (κ2) is 5.95. The summed E-state index contributed by atoms with van der Waals surface area (Å²) < 4.78 is 9.78. The van der Waals surface area contributed by atoms with Gasteiger partial charge in [0.05, 0.1) is 17.6 Å². The van der Waals surface area contributed by atoms with Gasteiger partial charge in [-0.1, -0.05) is 18.2 Å². The molecular weight excluding hydrogens is 302 g/mol. The van der Waals surface area contributed by atoms with E-state index in [4.69, 9.17) is 4.74 Å². The fraction of sp³-hybridized carbons (Fsp3) is 0.0625. The number of benzene rings is 1. The lowest BCUT2D eigenvalue weighted by Gasteiger charge is -1.99. The predicted octanol–water partition coefficient (Wildman–Crippen LogP) is 2.88. The van der Waals surface area contributed by atoms with Crippen molar-refractivity contribution in [2.24, 2.45) is 4.99 Å². The molecule has 1 aromatic carbocycles. The Hall–Kier alpha value is -2.73. The lowest BCUT2D eigenvalue weighted by molar-refractivity contribution is -0.129. The van der Waals surface area contributed by atoms with Gasteiger partial charge in [-0.25, -0.2) is 14.6 Å². The Morgan fingerprint density at radius 3 is 2.68 bits per heavy atom. The molecule has 0 saturated heterocycles. The van der Waals surface area contributed by atoms with Gasteiger partial charge in [-0.3, -0.25) is 0 Å². The zero-order chi connectivity index (χ0) is 15.5. The Morgan fingerprint density at radius 2 is 2.05 bits per heavy atom. The summed E-state index contributed by atoms with van der Waals surface area (Å²) in [5, 5.41) is 1.89. The number of methoxy groups -OCH3 is 1. The van der Waals surface area contributed by atoms with E-state index in [0.717, 1.165) is 10.4 Å². The van der Waals surface area contributed by atoms with Gasteiger partial charge in [0.2, 0.25) is 5.90 Å². The number of hydrogen-bond donors (Lipinski definition) is 0. The fourth-order valence-corrected chi connectivity index (χ4v) is 2.55. The van der Waals surface area contributed by atoms with E-state index < -0.39 is 11.9 Å². The molecule has 0 N–H and O–H groups in total. The second-order valence-corrected chi connectivity index (χ2v) is 5.37. The molecule has 1 aliphatic rings. The molecule has 0 aliphatic carbocycles. The molecule has 0 radical (unpaired) electrons. The molecule has 1 aromatic heterocycles. The van der Waals surface area contributed by atoms with Gasteiger partial charge in [-0.15, -0.1) is 11.3 Å². The molecule has 2 aromatic rings. The number of rotatable bonds is 3. The summed E-state index contributed by atoms with van der Waals surface area (Å²) in [4.78, 5) is 28.2. The molecule has 0 atom stereocenters. The summed E-state index contributed by atoms with van der Waals surface area (Å²) in [6, 6.07) is 10.4. The van der Waals surface area contributed by atoms with Gasteiger partial charge in [0.25, 0.3) is 0 Å². The standard InChI is InChI=1S/C16H11NO4S/c1-20-15(18)11-6-4-10(5-7-11)9-12-16(19)21-14(17-12)13-3-2-8-22-13/h2-9H,1H3/b12-9-. The molecule has 2 heterocycles. The number of carbonyl (C=O) groups is 2. The fourth-order valence-electron chi connectivity index (χ4n) is 1.91. The number of hydrogen-bond acceptors (Lipinski definition) is 6. The minimum absolute atomic E-state index is 0.231. The molecule has 0 amide bonds. The first-order chi connectivity index (χ1) is 10.7. The predicted molar refractivity (Wildman–Crippen MR) is 82.7 cm³/mol. The first-order valence-corrected chi connectivity index (χ1v) is 7.30. The van der Waals surface area contributed by atoms with Crippen molar-refractivity contribution in [2.75, 3.05) is 7.11 Å². The van der Waals surface area contributed by atoms with E-state index in [1.54, 1.807) is 30.3 Å². The highest BCUT2D eigenvalue weighted by atomic mass is 32.1. The molecule has 0 saturated carbocycles. The smallest absolute Gasteiger partial charge is 0.363 e. The van der Waals surface area contributed by atoms with Crippen LogP contribution in [0.2, 0.25) is 0 Å². The molecule has 6 heteroatoms. The largest absolute Gasteiger partial charge is 0.465 e. The van der Waals surface area contributed by atoms with Crippen LogP contribution in [0.1, 0.15) is 20.8 Å². The molecule has 110 valence electrons. The molecule has 0 spiro atoms. The number of esters is 2. The van der Waals surface area contributed by atoms with E-state index in [1.165, 1.54) is 18.4 Å². The van der Waals surface area contributed by atoms with Crippen molar-refractivity contribution in [1.29, 1.82) is 0 Å². The van der Waals surface area contributed by atoms with Crippen molar-refractivity contribution in [3.05, 3.63) is 63.5 Å². The van der Waals surface area contributed by atoms with Crippen molar-refractivity contribution in [3.8, 4) is 0 Å². The molecular formula is C16H11NO4S. The third-order valence-corrected chi connectivity index (χ3v) is 3.85. The van der Waals surface area contributed by atoms with Gasteiger partial charge in [-0.2, -0.15) is 0 Å². The number of nitrogens with zero attached hydrogens (tertiary/aromatic N) is 1. The lowest BCUT2D eigenvalue weighted by Crippen LogP contribution is -2.03. The van der Waals surface area contributed by atoms with Crippen LogP contribution in [-0.4, -0.2) is 24.9 Å². The number of carbonyl (C=O) groups excluding carboxylic acids is 2. The SMILES string of the molecule is COC(=O)c1ccc(/C=C2\N=C(c3cccs3)OC2=O)cc1. The Kier molecular flexibility index (Phi) is 3.84. The van der Waals surface area contributed by atoms with E-state index in [-0.39, 0.29) is 5.70 Å². The normalized spacial score (nSPS) is 15.6. The van der Waals surface area contributed by atoms with E-state index in [0.29, 0.717) is 11.5 Å². The first kappa shape index (κ1) is 14.2. The van der Waals surface area contributed by atoms with Crippen LogP contribution in [-0.2, 0) is 14.3 Å². The van der Waals surface area contributed by atoms with Gasteiger partial charge < -0.3 is 9.47 Å². The summed E-state index contributed by atoms with van der Waals surface area (Å²) in [6.07, 6.45) is 1.62. The second-order valence-electron chi connectivity index (χ2n) is 4.43. The van der Waals surface area contributed by atoms with Gasteiger partial charge in [0.15, 0.2) is 5.70 Å². The van der Waals surface area contributed by atoms with Crippen molar-refractivity contribution in [3.63, 3.8) is 0 Å². The third-order valence-electron chi connectivity index (χ3n) is 2.99. The number of thiophene rings is 1. The van der Waals surface area contributed by atoms with Crippen LogP contribution in [0.5, 0.6) is 0 Å². The molecule has 1 aliphatic heterocycles.